The standard InChI is InChI=1S/C34H46FN3O4Si/c1-33(2,3)18-16-28(23-10-12-24(13-11-23)31(41)36-21-17-29(39)40)38-32(42)30(25-8-7-9-26(35)22-25)37-34(38)19-14-27(15-20-34)43(4,5)6/h7-13,22,27-28H,14-21H2,1-6H3,(H,36,41)(H,39,40). The molecule has 2 N–H and O–H groups in total. The van der Waals surface area contributed by atoms with Crippen LogP contribution in [-0.2, 0) is 9.59 Å². The number of nitrogens with zero attached hydrogens (tertiary/aromatic N) is 2. The van der Waals surface area contributed by atoms with Crippen LogP contribution in [0.2, 0.25) is 25.2 Å². The van der Waals surface area contributed by atoms with Crippen molar-refractivity contribution < 1.29 is 23.9 Å². The van der Waals surface area contributed by atoms with Crippen molar-refractivity contribution in [3.63, 3.8) is 0 Å². The van der Waals surface area contributed by atoms with E-state index in [1.54, 1.807) is 24.3 Å². The first kappa shape index (κ1) is 32.6. The number of carboxylic acid groups (broad SMARTS) is 1. The van der Waals surface area contributed by atoms with Gasteiger partial charge in [0.05, 0.1) is 12.5 Å². The molecule has 2 aliphatic rings. The Balaban J connectivity index is 1.72. The lowest BCUT2D eigenvalue weighted by molar-refractivity contribution is -0.137. The zero-order valence-electron chi connectivity index (χ0n) is 26.4. The van der Waals surface area contributed by atoms with E-state index in [0.717, 1.165) is 37.7 Å². The number of nitrogens with one attached hydrogen (secondary N) is 1. The predicted molar refractivity (Wildman–Crippen MR) is 171 cm³/mol. The summed E-state index contributed by atoms with van der Waals surface area (Å²) in [6, 6.07) is 13.1. The van der Waals surface area contributed by atoms with Gasteiger partial charge in [0, 0.05) is 25.7 Å². The molecule has 0 saturated heterocycles. The van der Waals surface area contributed by atoms with Crippen LogP contribution in [0.15, 0.2) is 53.5 Å². The predicted octanol–water partition coefficient (Wildman–Crippen LogP) is 7.21. The van der Waals surface area contributed by atoms with Crippen molar-refractivity contribution >= 4 is 31.6 Å². The van der Waals surface area contributed by atoms with Crippen molar-refractivity contribution in [2.75, 3.05) is 6.54 Å². The quantitative estimate of drug-likeness (QED) is 0.279. The third-order valence-electron chi connectivity index (χ3n) is 8.96. The third kappa shape index (κ3) is 7.79. The molecule has 4 rings (SSSR count). The van der Waals surface area contributed by atoms with Crippen molar-refractivity contribution in [3.05, 3.63) is 71.0 Å². The summed E-state index contributed by atoms with van der Waals surface area (Å²) in [6.45, 7) is 13.8. The number of hydrogen-bond acceptors (Lipinski definition) is 4. The van der Waals surface area contributed by atoms with Crippen LogP contribution in [-0.4, -0.2) is 53.8 Å². The second-order valence-electron chi connectivity index (χ2n) is 14.4. The number of halogens is 1. The number of aliphatic carboxylic acids is 1. The Morgan fingerprint density at radius 2 is 1.77 bits per heavy atom. The summed E-state index contributed by atoms with van der Waals surface area (Å²) in [5.74, 6) is -1.88. The minimum atomic E-state index is -1.39. The molecule has 1 aliphatic carbocycles. The van der Waals surface area contributed by atoms with E-state index in [2.05, 4.69) is 45.7 Å². The fourth-order valence-electron chi connectivity index (χ4n) is 6.42. The molecular formula is C34H46FN3O4Si. The monoisotopic (exact) mass is 607 g/mol. The Bertz CT molecular complexity index is 1370. The van der Waals surface area contributed by atoms with Gasteiger partial charge in [-0.2, -0.15) is 0 Å². The van der Waals surface area contributed by atoms with Gasteiger partial charge in [0.15, 0.2) is 0 Å². The number of hydrogen-bond donors (Lipinski definition) is 2. The van der Waals surface area contributed by atoms with Gasteiger partial charge >= 0.3 is 5.97 Å². The van der Waals surface area contributed by atoms with Gasteiger partial charge in [-0.05, 0) is 79.3 Å². The minimum absolute atomic E-state index is 0.0277. The van der Waals surface area contributed by atoms with Crippen molar-refractivity contribution in [2.45, 2.75) is 103 Å². The lowest BCUT2D eigenvalue weighted by Gasteiger charge is -2.47. The normalized spacial score (nSPS) is 21.6. The zero-order valence-corrected chi connectivity index (χ0v) is 27.4. The summed E-state index contributed by atoms with van der Waals surface area (Å²) < 4.78 is 14.3. The smallest absolute Gasteiger partial charge is 0.305 e. The van der Waals surface area contributed by atoms with Crippen molar-refractivity contribution in [2.24, 2.45) is 10.4 Å². The van der Waals surface area contributed by atoms with Crippen molar-refractivity contribution in [3.8, 4) is 0 Å². The molecular weight excluding hydrogens is 561 g/mol. The average Bonchev–Trinajstić information content (AvgIpc) is 3.19. The molecule has 1 heterocycles. The first-order chi connectivity index (χ1) is 20.1. The molecule has 1 saturated carbocycles. The van der Waals surface area contributed by atoms with Gasteiger partial charge in [-0.15, -0.1) is 0 Å². The van der Waals surface area contributed by atoms with E-state index in [1.807, 2.05) is 17.0 Å². The van der Waals surface area contributed by atoms with Crippen LogP contribution in [0.4, 0.5) is 4.39 Å². The molecule has 2 aromatic rings. The molecule has 43 heavy (non-hydrogen) atoms. The summed E-state index contributed by atoms with van der Waals surface area (Å²) in [7, 11) is -1.39. The van der Waals surface area contributed by atoms with Crippen LogP contribution in [0, 0.1) is 11.2 Å². The van der Waals surface area contributed by atoms with E-state index < -0.39 is 25.5 Å². The highest BCUT2D eigenvalue weighted by Gasteiger charge is 2.53. The molecule has 1 atom stereocenters. The highest BCUT2D eigenvalue weighted by atomic mass is 28.3. The second kappa shape index (κ2) is 12.7. The molecule has 1 fully saturated rings. The Morgan fingerprint density at radius 3 is 2.33 bits per heavy atom. The number of carboxylic acids is 1. The summed E-state index contributed by atoms with van der Waals surface area (Å²) in [5, 5.41) is 11.5. The first-order valence-electron chi connectivity index (χ1n) is 15.4. The average molecular weight is 608 g/mol. The van der Waals surface area contributed by atoms with E-state index in [1.165, 1.54) is 12.1 Å². The highest BCUT2D eigenvalue weighted by molar-refractivity contribution is 6.77. The van der Waals surface area contributed by atoms with E-state index in [9.17, 15) is 18.8 Å². The van der Waals surface area contributed by atoms with Crippen molar-refractivity contribution in [1.82, 2.24) is 10.2 Å². The highest BCUT2D eigenvalue weighted by Crippen LogP contribution is 2.50. The van der Waals surface area contributed by atoms with Gasteiger partial charge in [-0.1, -0.05) is 64.7 Å². The molecule has 232 valence electrons. The fraction of sp³-hybridized carbons (Fsp3) is 0.529. The molecule has 0 radical (unpaired) electrons. The van der Waals surface area contributed by atoms with Crippen LogP contribution in [0.25, 0.3) is 0 Å². The molecule has 9 heteroatoms. The molecule has 2 amide bonds. The fourth-order valence-corrected chi connectivity index (χ4v) is 8.44. The minimum Gasteiger partial charge on any atom is -0.481 e. The van der Waals surface area contributed by atoms with Gasteiger partial charge in [-0.3, -0.25) is 19.4 Å². The van der Waals surface area contributed by atoms with Gasteiger partial charge in [0.2, 0.25) is 0 Å². The summed E-state index contributed by atoms with van der Waals surface area (Å²) in [6.07, 6.45) is 4.96. The molecule has 0 aromatic heterocycles. The Kier molecular flexibility index (Phi) is 9.64. The number of rotatable bonds is 10. The van der Waals surface area contributed by atoms with E-state index in [0.29, 0.717) is 28.8 Å². The summed E-state index contributed by atoms with van der Waals surface area (Å²) in [5.41, 5.74) is 2.14. The molecule has 1 unspecified atom stereocenters. The topological polar surface area (TPSA) is 99.1 Å². The number of amides is 2. The maximum absolute atomic E-state index is 14.4. The maximum atomic E-state index is 14.4. The van der Waals surface area contributed by atoms with Gasteiger partial charge < -0.3 is 15.3 Å². The molecule has 0 bridgehead atoms. The molecule has 2 aromatic carbocycles. The second-order valence-corrected chi connectivity index (χ2v) is 20.0. The van der Waals surface area contributed by atoms with Crippen LogP contribution < -0.4 is 5.32 Å². The first-order valence-corrected chi connectivity index (χ1v) is 19.0. The van der Waals surface area contributed by atoms with Gasteiger partial charge in [-0.25, -0.2) is 4.39 Å². The lowest BCUT2D eigenvalue weighted by atomic mass is 9.83. The van der Waals surface area contributed by atoms with Crippen LogP contribution >= 0.6 is 0 Å². The van der Waals surface area contributed by atoms with Crippen LogP contribution in [0.3, 0.4) is 0 Å². The molecule has 7 nitrogen and oxygen atoms in total. The number of aliphatic imine (C=N–C) groups is 1. The maximum Gasteiger partial charge on any atom is 0.305 e. The Hall–Kier alpha value is -3.33. The van der Waals surface area contributed by atoms with Gasteiger partial charge in [0.25, 0.3) is 11.8 Å². The van der Waals surface area contributed by atoms with Crippen LogP contribution in [0.5, 0.6) is 0 Å². The van der Waals surface area contributed by atoms with E-state index >= 15 is 0 Å². The Morgan fingerprint density at radius 1 is 1.12 bits per heavy atom. The van der Waals surface area contributed by atoms with Gasteiger partial charge in [0.1, 0.15) is 17.2 Å². The zero-order chi connectivity index (χ0) is 31.6. The summed E-state index contributed by atoms with van der Waals surface area (Å²) in [4.78, 5) is 45.1. The summed E-state index contributed by atoms with van der Waals surface area (Å²) >= 11 is 0. The SMILES string of the molecule is CC(C)(C)CCC(c1ccc(C(=O)NCCC(=O)O)cc1)N1C(=O)C(c2cccc(F)c2)=NC12CCC([Si](C)(C)C)CC2. The number of carbonyl (C=O) groups is 3. The molecule has 1 spiro atoms. The Labute approximate surface area is 256 Å². The van der Waals surface area contributed by atoms with Crippen molar-refractivity contribution in [1.29, 1.82) is 0 Å². The van der Waals surface area contributed by atoms with E-state index in [-0.39, 0.29) is 36.2 Å². The number of carbonyl (C=O) groups excluding carboxylic acids is 2. The largest absolute Gasteiger partial charge is 0.481 e. The molecule has 1 aliphatic heterocycles. The number of benzene rings is 2. The van der Waals surface area contributed by atoms with Crippen LogP contribution in [0.1, 0.15) is 93.2 Å². The third-order valence-corrected chi connectivity index (χ3v) is 12.0. The van der Waals surface area contributed by atoms with E-state index in [4.69, 9.17) is 10.1 Å². The lowest BCUT2D eigenvalue weighted by Crippen LogP contribution is -2.51.